The van der Waals surface area contributed by atoms with Gasteiger partial charge >= 0.3 is 0 Å². The van der Waals surface area contributed by atoms with Crippen LogP contribution in [0.1, 0.15) is 11.3 Å². The summed E-state index contributed by atoms with van der Waals surface area (Å²) >= 11 is 0. The Morgan fingerprint density at radius 2 is 1.77 bits per heavy atom. The molecule has 0 spiro atoms. The first-order valence-corrected chi connectivity index (χ1v) is 9.61. The van der Waals surface area contributed by atoms with Crippen molar-refractivity contribution in [1.82, 2.24) is 9.71 Å². The fourth-order valence-electron chi connectivity index (χ4n) is 2.40. The summed E-state index contributed by atoms with van der Waals surface area (Å²) in [6.07, 6.45) is 1.99. The number of hydrogen-bond donors (Lipinski definition) is 1. The van der Waals surface area contributed by atoms with Crippen molar-refractivity contribution in [2.45, 2.75) is 18.2 Å². The van der Waals surface area contributed by atoms with Crippen LogP contribution in [0.3, 0.4) is 0 Å². The van der Waals surface area contributed by atoms with E-state index < -0.39 is 10.0 Å². The van der Waals surface area contributed by atoms with Gasteiger partial charge in [-0.2, -0.15) is 0 Å². The lowest BCUT2D eigenvalue weighted by atomic mass is 10.1. The normalized spacial score (nSPS) is 11.5. The molecule has 0 atom stereocenters. The van der Waals surface area contributed by atoms with E-state index in [1.165, 1.54) is 19.2 Å². The number of hydrogen-bond acceptors (Lipinski definition) is 5. The van der Waals surface area contributed by atoms with Crippen LogP contribution in [0.4, 0.5) is 0 Å². The Bertz CT molecular complexity index is 962. The van der Waals surface area contributed by atoms with Crippen LogP contribution in [0.15, 0.2) is 64.1 Å². The van der Waals surface area contributed by atoms with Gasteiger partial charge in [-0.05, 0) is 43.3 Å². The Hall–Kier alpha value is -2.64. The zero-order valence-corrected chi connectivity index (χ0v) is 15.4. The van der Waals surface area contributed by atoms with Gasteiger partial charge in [0, 0.05) is 18.5 Å². The lowest BCUT2D eigenvalue weighted by Crippen LogP contribution is -2.26. The number of nitrogens with one attached hydrogen (secondary N) is 1. The lowest BCUT2D eigenvalue weighted by Gasteiger charge is -2.06. The maximum Gasteiger partial charge on any atom is 0.240 e. The average molecular weight is 372 g/mol. The number of oxazole rings is 1. The van der Waals surface area contributed by atoms with Gasteiger partial charge < -0.3 is 9.15 Å². The summed E-state index contributed by atoms with van der Waals surface area (Å²) in [4.78, 5) is 4.60. The molecule has 0 aliphatic carbocycles. The van der Waals surface area contributed by atoms with Gasteiger partial charge in [0.05, 0.1) is 17.7 Å². The number of aryl methyl sites for hydroxylation is 1. The van der Waals surface area contributed by atoms with Crippen LogP contribution < -0.4 is 9.46 Å². The minimum Gasteiger partial charge on any atom is -0.497 e. The predicted molar refractivity (Wildman–Crippen MR) is 98.6 cm³/mol. The van der Waals surface area contributed by atoms with Crippen LogP contribution in [-0.4, -0.2) is 27.1 Å². The monoisotopic (exact) mass is 372 g/mol. The van der Waals surface area contributed by atoms with E-state index in [2.05, 4.69) is 9.71 Å². The first-order valence-electron chi connectivity index (χ1n) is 8.13. The summed E-state index contributed by atoms with van der Waals surface area (Å²) < 4.78 is 37.7. The van der Waals surface area contributed by atoms with Crippen molar-refractivity contribution >= 4 is 10.0 Å². The van der Waals surface area contributed by atoms with Crippen LogP contribution in [0.5, 0.6) is 5.75 Å². The Kier molecular flexibility index (Phi) is 5.39. The van der Waals surface area contributed by atoms with E-state index >= 15 is 0 Å². The molecule has 7 heteroatoms. The molecule has 26 heavy (non-hydrogen) atoms. The standard InChI is InChI=1S/C19H20N2O4S/c1-14-3-5-15(6-4-14)19-21-16(13-25-19)11-12-20-26(22,23)18-9-7-17(24-2)8-10-18/h3-10,13,20H,11-12H2,1-2H3. The Labute approximate surface area is 152 Å². The minimum atomic E-state index is -3.57. The Morgan fingerprint density at radius 1 is 1.08 bits per heavy atom. The fourth-order valence-corrected chi connectivity index (χ4v) is 3.43. The average Bonchev–Trinajstić information content (AvgIpc) is 3.11. The highest BCUT2D eigenvalue weighted by Gasteiger charge is 2.14. The van der Waals surface area contributed by atoms with Gasteiger partial charge in [-0.1, -0.05) is 17.7 Å². The molecule has 3 rings (SSSR count). The number of benzene rings is 2. The molecule has 0 bridgehead atoms. The summed E-state index contributed by atoms with van der Waals surface area (Å²) in [7, 11) is -2.04. The van der Waals surface area contributed by atoms with Gasteiger partial charge in [0.25, 0.3) is 0 Å². The molecule has 1 N–H and O–H groups in total. The van der Waals surface area contributed by atoms with E-state index in [9.17, 15) is 8.42 Å². The van der Waals surface area contributed by atoms with E-state index in [1.807, 2.05) is 31.2 Å². The smallest absolute Gasteiger partial charge is 0.240 e. The molecule has 0 radical (unpaired) electrons. The highest BCUT2D eigenvalue weighted by atomic mass is 32.2. The summed E-state index contributed by atoms with van der Waals surface area (Å²) in [5, 5.41) is 0. The van der Waals surface area contributed by atoms with Crippen molar-refractivity contribution in [3.05, 3.63) is 66.1 Å². The maximum absolute atomic E-state index is 12.3. The molecule has 136 valence electrons. The van der Waals surface area contributed by atoms with Crippen molar-refractivity contribution in [2.75, 3.05) is 13.7 Å². The molecule has 1 heterocycles. The molecule has 3 aromatic rings. The number of sulfonamides is 1. The van der Waals surface area contributed by atoms with Crippen molar-refractivity contribution in [3.63, 3.8) is 0 Å². The molecular formula is C19H20N2O4S. The second kappa shape index (κ2) is 7.72. The molecule has 0 saturated heterocycles. The first kappa shape index (κ1) is 18.2. The molecule has 0 aliphatic rings. The minimum absolute atomic E-state index is 0.193. The largest absolute Gasteiger partial charge is 0.497 e. The molecule has 0 unspecified atom stereocenters. The highest BCUT2D eigenvalue weighted by molar-refractivity contribution is 7.89. The molecular weight excluding hydrogens is 352 g/mol. The fraction of sp³-hybridized carbons (Fsp3) is 0.211. The Morgan fingerprint density at radius 3 is 2.42 bits per heavy atom. The molecule has 1 aromatic heterocycles. The second-order valence-electron chi connectivity index (χ2n) is 5.83. The number of ether oxygens (including phenoxy) is 1. The zero-order valence-electron chi connectivity index (χ0n) is 14.6. The van der Waals surface area contributed by atoms with Crippen LogP contribution in [0.25, 0.3) is 11.5 Å². The first-order chi connectivity index (χ1) is 12.5. The zero-order chi connectivity index (χ0) is 18.6. The van der Waals surface area contributed by atoms with Crippen LogP contribution in [0.2, 0.25) is 0 Å². The number of methoxy groups -OCH3 is 1. The summed E-state index contributed by atoms with van der Waals surface area (Å²) in [6, 6.07) is 14.1. The Balaban J connectivity index is 1.60. The third kappa shape index (κ3) is 4.30. The number of nitrogens with zero attached hydrogens (tertiary/aromatic N) is 1. The summed E-state index contributed by atoms with van der Waals surface area (Å²) in [6.45, 7) is 2.24. The molecule has 0 saturated carbocycles. The van der Waals surface area contributed by atoms with Gasteiger partial charge in [0.1, 0.15) is 12.0 Å². The summed E-state index contributed by atoms with van der Waals surface area (Å²) in [5.74, 6) is 1.13. The van der Waals surface area contributed by atoms with Gasteiger partial charge in [-0.15, -0.1) is 0 Å². The predicted octanol–water partition coefficient (Wildman–Crippen LogP) is 3.18. The van der Waals surface area contributed by atoms with Crippen LogP contribution in [-0.2, 0) is 16.4 Å². The third-order valence-electron chi connectivity index (χ3n) is 3.89. The van der Waals surface area contributed by atoms with Gasteiger partial charge in [-0.25, -0.2) is 18.1 Å². The van der Waals surface area contributed by atoms with Crippen LogP contribution in [0, 0.1) is 6.92 Å². The second-order valence-corrected chi connectivity index (χ2v) is 7.60. The van der Waals surface area contributed by atoms with E-state index in [1.54, 1.807) is 18.4 Å². The SMILES string of the molecule is COc1ccc(S(=O)(=O)NCCc2coc(-c3ccc(C)cc3)n2)cc1. The molecule has 2 aromatic carbocycles. The van der Waals surface area contributed by atoms with E-state index in [0.29, 0.717) is 23.8 Å². The van der Waals surface area contributed by atoms with Crippen molar-refractivity contribution in [1.29, 1.82) is 0 Å². The highest BCUT2D eigenvalue weighted by Crippen LogP contribution is 2.19. The van der Waals surface area contributed by atoms with E-state index in [4.69, 9.17) is 9.15 Å². The quantitative estimate of drug-likeness (QED) is 0.689. The van der Waals surface area contributed by atoms with Crippen molar-refractivity contribution in [3.8, 4) is 17.2 Å². The van der Waals surface area contributed by atoms with Gasteiger partial charge in [0.15, 0.2) is 0 Å². The number of aromatic nitrogens is 1. The van der Waals surface area contributed by atoms with E-state index in [0.717, 1.165) is 11.1 Å². The third-order valence-corrected chi connectivity index (χ3v) is 5.37. The molecule has 0 fully saturated rings. The maximum atomic E-state index is 12.3. The number of rotatable bonds is 7. The topological polar surface area (TPSA) is 81.4 Å². The molecule has 0 aliphatic heterocycles. The molecule has 6 nitrogen and oxygen atoms in total. The van der Waals surface area contributed by atoms with Gasteiger partial charge in [-0.3, -0.25) is 0 Å². The van der Waals surface area contributed by atoms with Crippen LogP contribution >= 0.6 is 0 Å². The van der Waals surface area contributed by atoms with Gasteiger partial charge in [0.2, 0.25) is 15.9 Å². The lowest BCUT2D eigenvalue weighted by molar-refractivity contribution is 0.414. The molecule has 0 amide bonds. The van der Waals surface area contributed by atoms with E-state index in [-0.39, 0.29) is 11.4 Å². The van der Waals surface area contributed by atoms with Crippen molar-refractivity contribution < 1.29 is 17.6 Å². The van der Waals surface area contributed by atoms with Crippen molar-refractivity contribution in [2.24, 2.45) is 0 Å². The summed E-state index contributed by atoms with van der Waals surface area (Å²) in [5.41, 5.74) is 2.74.